The Morgan fingerprint density at radius 3 is 2.33 bits per heavy atom. The van der Waals surface area contributed by atoms with Crippen LogP contribution in [0.2, 0.25) is 5.02 Å². The summed E-state index contributed by atoms with van der Waals surface area (Å²) in [6, 6.07) is 6.91. The fourth-order valence-corrected chi connectivity index (χ4v) is 2.03. The van der Waals surface area contributed by atoms with Gasteiger partial charge in [0.05, 0.1) is 12.6 Å². The number of urea groups is 1. The Hall–Kier alpha value is -1.75. The monoisotopic (exact) mass is 311 g/mol. The third kappa shape index (κ3) is 6.49. The number of likely N-dealkylation sites (N-methyl/N-ethyl adjacent to an activating group) is 1. The van der Waals surface area contributed by atoms with Gasteiger partial charge in [-0.3, -0.25) is 4.79 Å². The second-order valence-electron chi connectivity index (χ2n) is 5.23. The summed E-state index contributed by atoms with van der Waals surface area (Å²) in [7, 11) is 1.52. The summed E-state index contributed by atoms with van der Waals surface area (Å²) >= 11 is 5.88. The number of hydrogen-bond donors (Lipinski definition) is 3. The molecule has 0 saturated heterocycles. The van der Waals surface area contributed by atoms with Gasteiger partial charge in [0, 0.05) is 12.1 Å². The normalized spacial score (nSPS) is 11.9. The van der Waals surface area contributed by atoms with Gasteiger partial charge in [-0.2, -0.15) is 0 Å². The van der Waals surface area contributed by atoms with Crippen LogP contribution in [-0.2, 0) is 4.79 Å². The molecular formula is C15H22ClN3O2. The summed E-state index contributed by atoms with van der Waals surface area (Å²) in [6.45, 7) is 4.14. The van der Waals surface area contributed by atoms with Crippen LogP contribution in [-0.4, -0.2) is 25.5 Å². The van der Waals surface area contributed by atoms with E-state index in [1.165, 1.54) is 7.05 Å². The van der Waals surface area contributed by atoms with Gasteiger partial charge in [-0.05, 0) is 30.0 Å². The molecule has 5 nitrogen and oxygen atoms in total. The summed E-state index contributed by atoms with van der Waals surface area (Å²) in [5, 5.41) is 8.53. The molecule has 0 radical (unpaired) electrons. The number of halogens is 1. The van der Waals surface area contributed by atoms with Gasteiger partial charge in [-0.15, -0.1) is 0 Å². The molecule has 0 aliphatic rings. The highest BCUT2D eigenvalue weighted by Gasteiger charge is 2.16. The number of carbonyl (C=O) groups is 2. The van der Waals surface area contributed by atoms with Gasteiger partial charge in [0.15, 0.2) is 0 Å². The van der Waals surface area contributed by atoms with E-state index < -0.39 is 0 Å². The van der Waals surface area contributed by atoms with Crippen LogP contribution in [0.5, 0.6) is 0 Å². The lowest BCUT2D eigenvalue weighted by molar-refractivity contribution is -0.119. The minimum atomic E-state index is -0.362. The van der Waals surface area contributed by atoms with E-state index in [0.717, 1.165) is 12.0 Å². The topological polar surface area (TPSA) is 70.2 Å². The first kappa shape index (κ1) is 17.3. The van der Waals surface area contributed by atoms with Crippen LogP contribution in [0.1, 0.15) is 31.9 Å². The van der Waals surface area contributed by atoms with Crippen LogP contribution in [0.3, 0.4) is 0 Å². The first-order valence-electron chi connectivity index (χ1n) is 6.92. The highest BCUT2D eigenvalue weighted by Crippen LogP contribution is 2.22. The van der Waals surface area contributed by atoms with E-state index in [1.54, 1.807) is 12.1 Å². The quantitative estimate of drug-likeness (QED) is 0.755. The zero-order valence-corrected chi connectivity index (χ0v) is 13.3. The van der Waals surface area contributed by atoms with E-state index in [1.807, 2.05) is 12.1 Å². The first-order chi connectivity index (χ1) is 9.92. The summed E-state index contributed by atoms with van der Waals surface area (Å²) in [5.41, 5.74) is 0.989. The minimum absolute atomic E-state index is 0.0443. The molecule has 116 valence electrons. The van der Waals surface area contributed by atoms with Gasteiger partial charge in [0.2, 0.25) is 5.91 Å². The summed E-state index contributed by atoms with van der Waals surface area (Å²) < 4.78 is 0. The van der Waals surface area contributed by atoms with Crippen molar-refractivity contribution in [3.05, 3.63) is 34.9 Å². The largest absolute Gasteiger partial charge is 0.358 e. The van der Waals surface area contributed by atoms with Crippen LogP contribution >= 0.6 is 11.6 Å². The molecule has 1 rings (SSSR count). The summed E-state index contributed by atoms with van der Waals surface area (Å²) in [5.74, 6) is 0.182. The lowest BCUT2D eigenvalue weighted by atomic mass is 9.97. The molecule has 1 aromatic rings. The smallest absolute Gasteiger partial charge is 0.315 e. The van der Waals surface area contributed by atoms with Crippen molar-refractivity contribution >= 4 is 23.5 Å². The number of amides is 3. The standard InChI is InChI=1S/C15H22ClN3O2/c1-10(2)8-13(11-4-6-12(16)7-5-11)19-15(21)18-9-14(20)17-3/h4-7,10,13H,8-9H2,1-3H3,(H,17,20)(H2,18,19,21)/t13-/m1/s1. The number of nitrogens with one attached hydrogen (secondary N) is 3. The Labute approximate surface area is 130 Å². The van der Waals surface area contributed by atoms with Crippen molar-refractivity contribution in [2.24, 2.45) is 5.92 Å². The second kappa shape index (κ2) is 8.52. The van der Waals surface area contributed by atoms with Gasteiger partial charge >= 0.3 is 6.03 Å². The van der Waals surface area contributed by atoms with Gasteiger partial charge in [-0.25, -0.2) is 4.79 Å². The molecule has 3 amide bonds. The maximum atomic E-state index is 11.9. The van der Waals surface area contributed by atoms with E-state index in [4.69, 9.17) is 11.6 Å². The Bertz CT molecular complexity index is 474. The Morgan fingerprint density at radius 1 is 1.19 bits per heavy atom. The van der Waals surface area contributed by atoms with Crippen molar-refractivity contribution in [1.82, 2.24) is 16.0 Å². The van der Waals surface area contributed by atoms with Gasteiger partial charge in [-0.1, -0.05) is 37.6 Å². The first-order valence-corrected chi connectivity index (χ1v) is 7.30. The van der Waals surface area contributed by atoms with Gasteiger partial charge in [0.25, 0.3) is 0 Å². The summed E-state index contributed by atoms with van der Waals surface area (Å²) in [4.78, 5) is 23.0. The SMILES string of the molecule is CNC(=O)CNC(=O)N[C@H](CC(C)C)c1ccc(Cl)cc1. The van der Waals surface area contributed by atoms with Crippen molar-refractivity contribution in [2.75, 3.05) is 13.6 Å². The van der Waals surface area contributed by atoms with Crippen LogP contribution in [0.4, 0.5) is 4.79 Å². The number of hydrogen-bond acceptors (Lipinski definition) is 2. The van der Waals surface area contributed by atoms with Crippen LogP contribution < -0.4 is 16.0 Å². The lowest BCUT2D eigenvalue weighted by Crippen LogP contribution is -2.42. The van der Waals surface area contributed by atoms with E-state index in [-0.39, 0.29) is 24.5 Å². The molecular weight excluding hydrogens is 290 g/mol. The fraction of sp³-hybridized carbons (Fsp3) is 0.467. The predicted molar refractivity (Wildman–Crippen MR) is 84.2 cm³/mol. The highest BCUT2D eigenvalue weighted by atomic mass is 35.5. The molecule has 0 saturated carbocycles. The molecule has 1 atom stereocenters. The van der Waals surface area contributed by atoms with Crippen molar-refractivity contribution in [1.29, 1.82) is 0 Å². The molecule has 0 aromatic heterocycles. The van der Waals surface area contributed by atoms with Crippen LogP contribution in [0.25, 0.3) is 0 Å². The molecule has 0 spiro atoms. The van der Waals surface area contributed by atoms with Crippen molar-refractivity contribution in [2.45, 2.75) is 26.3 Å². The van der Waals surface area contributed by atoms with Crippen molar-refractivity contribution in [3.8, 4) is 0 Å². The lowest BCUT2D eigenvalue weighted by Gasteiger charge is -2.21. The Kier molecular flexibility index (Phi) is 7.02. The molecule has 3 N–H and O–H groups in total. The van der Waals surface area contributed by atoms with Crippen LogP contribution in [0, 0.1) is 5.92 Å². The van der Waals surface area contributed by atoms with E-state index in [0.29, 0.717) is 10.9 Å². The maximum Gasteiger partial charge on any atom is 0.315 e. The minimum Gasteiger partial charge on any atom is -0.358 e. The van der Waals surface area contributed by atoms with Crippen LogP contribution in [0.15, 0.2) is 24.3 Å². The zero-order chi connectivity index (χ0) is 15.8. The Balaban J connectivity index is 2.67. The molecule has 6 heteroatoms. The molecule has 0 aliphatic carbocycles. The molecule has 0 fully saturated rings. The molecule has 0 heterocycles. The average molecular weight is 312 g/mol. The highest BCUT2D eigenvalue weighted by molar-refractivity contribution is 6.30. The third-order valence-electron chi connectivity index (χ3n) is 2.97. The maximum absolute atomic E-state index is 11.9. The van der Waals surface area contributed by atoms with E-state index in [9.17, 15) is 9.59 Å². The molecule has 1 aromatic carbocycles. The fourth-order valence-electron chi connectivity index (χ4n) is 1.90. The van der Waals surface area contributed by atoms with E-state index >= 15 is 0 Å². The Morgan fingerprint density at radius 2 is 1.81 bits per heavy atom. The van der Waals surface area contributed by atoms with Gasteiger partial charge in [0.1, 0.15) is 0 Å². The van der Waals surface area contributed by atoms with Gasteiger partial charge < -0.3 is 16.0 Å². The van der Waals surface area contributed by atoms with Crippen molar-refractivity contribution in [3.63, 3.8) is 0 Å². The molecule has 21 heavy (non-hydrogen) atoms. The third-order valence-corrected chi connectivity index (χ3v) is 3.23. The average Bonchev–Trinajstić information content (AvgIpc) is 2.44. The number of carbonyl (C=O) groups excluding carboxylic acids is 2. The molecule has 0 aliphatic heterocycles. The molecule has 0 bridgehead atoms. The predicted octanol–water partition coefficient (Wildman–Crippen LogP) is 2.47. The van der Waals surface area contributed by atoms with Crippen molar-refractivity contribution < 1.29 is 9.59 Å². The second-order valence-corrected chi connectivity index (χ2v) is 5.67. The number of benzene rings is 1. The van der Waals surface area contributed by atoms with E-state index in [2.05, 4.69) is 29.8 Å². The number of rotatable bonds is 6. The zero-order valence-electron chi connectivity index (χ0n) is 12.6. The molecule has 0 unspecified atom stereocenters. The summed E-state index contributed by atoms with van der Waals surface area (Å²) in [6.07, 6.45) is 0.801.